The van der Waals surface area contributed by atoms with Crippen molar-refractivity contribution in [1.29, 1.82) is 0 Å². The van der Waals surface area contributed by atoms with E-state index >= 15 is 0 Å². The number of amides is 3. The Morgan fingerprint density at radius 2 is 1.45 bits per heavy atom. The second-order valence-corrected chi connectivity index (χ2v) is 9.64. The Bertz CT molecular complexity index is 1080. The van der Waals surface area contributed by atoms with E-state index in [9.17, 15) is 28.8 Å². The summed E-state index contributed by atoms with van der Waals surface area (Å²) in [6.45, 7) is 4.83. The van der Waals surface area contributed by atoms with Crippen molar-refractivity contribution >= 4 is 35.8 Å². The Balaban J connectivity index is 1.93. The molecule has 42 heavy (non-hydrogen) atoms. The number of benzene rings is 1. The standard InChI is InChI=1S/C28H39N3O11/c1-17(32)30-24-26(41-20(4)35)25(40-19(3)34)22(16-38-18(2)33)42-27(24)31-23(36)13-9-6-10-14-29-28(37)39-15-21-11-7-5-8-12-21/h5,7-8,11-12,22,24-27H,6,9-10,13-16H2,1-4H3,(H,29,37)(H,30,32)(H,31,36)/t22-,24-,25+,26-,27+/m1/s1. The number of nitrogens with one attached hydrogen (secondary N) is 3. The van der Waals surface area contributed by atoms with Crippen molar-refractivity contribution in [3.63, 3.8) is 0 Å². The highest BCUT2D eigenvalue weighted by atomic mass is 16.6. The Labute approximate surface area is 244 Å². The number of carbonyl (C=O) groups is 6. The Hall–Kier alpha value is -4.20. The van der Waals surface area contributed by atoms with E-state index in [0.717, 1.165) is 19.4 Å². The number of unbranched alkanes of at least 4 members (excludes halogenated alkanes) is 2. The highest BCUT2D eigenvalue weighted by molar-refractivity contribution is 5.77. The van der Waals surface area contributed by atoms with Crippen molar-refractivity contribution in [2.45, 2.75) is 90.6 Å². The molecule has 1 aromatic rings. The van der Waals surface area contributed by atoms with E-state index < -0.39 is 66.4 Å². The van der Waals surface area contributed by atoms with Crippen molar-refractivity contribution in [1.82, 2.24) is 16.0 Å². The minimum absolute atomic E-state index is 0.0886. The summed E-state index contributed by atoms with van der Waals surface area (Å²) in [7, 11) is 0. The van der Waals surface area contributed by atoms with Crippen molar-refractivity contribution in [2.75, 3.05) is 13.2 Å². The normalized spacial score (nSPS) is 21.3. The summed E-state index contributed by atoms with van der Waals surface area (Å²) in [6.07, 6.45) is -3.59. The lowest BCUT2D eigenvalue weighted by atomic mass is 9.95. The molecule has 1 heterocycles. The Morgan fingerprint density at radius 1 is 0.786 bits per heavy atom. The number of rotatable bonds is 14. The van der Waals surface area contributed by atoms with E-state index in [1.165, 1.54) is 13.8 Å². The van der Waals surface area contributed by atoms with Crippen LogP contribution in [0.15, 0.2) is 30.3 Å². The molecule has 3 amide bonds. The second-order valence-electron chi connectivity index (χ2n) is 9.64. The van der Waals surface area contributed by atoms with Gasteiger partial charge >= 0.3 is 24.0 Å². The first-order valence-corrected chi connectivity index (χ1v) is 13.6. The van der Waals surface area contributed by atoms with Crippen LogP contribution in [0.5, 0.6) is 0 Å². The van der Waals surface area contributed by atoms with E-state index in [1.54, 1.807) is 0 Å². The van der Waals surface area contributed by atoms with Crippen LogP contribution in [0.25, 0.3) is 0 Å². The maximum Gasteiger partial charge on any atom is 0.407 e. The van der Waals surface area contributed by atoms with Crippen molar-refractivity contribution in [3.8, 4) is 0 Å². The van der Waals surface area contributed by atoms with Crippen molar-refractivity contribution < 1.29 is 52.5 Å². The third-order valence-electron chi connectivity index (χ3n) is 5.98. The van der Waals surface area contributed by atoms with Crippen LogP contribution in [0.1, 0.15) is 58.9 Å². The Kier molecular flexibility index (Phi) is 14.2. The molecule has 232 valence electrons. The fourth-order valence-electron chi connectivity index (χ4n) is 4.24. The van der Waals surface area contributed by atoms with Gasteiger partial charge in [0.1, 0.15) is 25.4 Å². The highest BCUT2D eigenvalue weighted by Crippen LogP contribution is 2.26. The number of alkyl carbamates (subject to hydrolysis) is 1. The third kappa shape index (κ3) is 12.5. The first-order valence-electron chi connectivity index (χ1n) is 13.6. The zero-order chi connectivity index (χ0) is 31.1. The maximum atomic E-state index is 12.8. The minimum Gasteiger partial charge on any atom is -0.463 e. The van der Waals surface area contributed by atoms with Gasteiger partial charge < -0.3 is 39.6 Å². The average molecular weight is 594 g/mol. The molecule has 14 nitrogen and oxygen atoms in total. The molecular weight excluding hydrogens is 554 g/mol. The molecule has 5 atom stereocenters. The molecule has 0 aromatic heterocycles. The molecular formula is C28H39N3O11. The van der Waals surface area contributed by atoms with Crippen molar-refractivity contribution in [3.05, 3.63) is 35.9 Å². The summed E-state index contributed by atoms with van der Waals surface area (Å²) in [6, 6.07) is 8.16. The molecule has 3 N–H and O–H groups in total. The predicted molar refractivity (Wildman–Crippen MR) is 145 cm³/mol. The van der Waals surface area contributed by atoms with Crippen LogP contribution in [0, 0.1) is 0 Å². The number of ether oxygens (including phenoxy) is 5. The molecule has 1 fully saturated rings. The summed E-state index contributed by atoms with van der Waals surface area (Å²) in [5, 5.41) is 7.92. The second kappa shape index (κ2) is 17.6. The van der Waals surface area contributed by atoms with Gasteiger partial charge in [-0.15, -0.1) is 0 Å². The average Bonchev–Trinajstić information content (AvgIpc) is 2.91. The summed E-state index contributed by atoms with van der Waals surface area (Å²) in [5.74, 6) is -3.04. The molecule has 14 heteroatoms. The Morgan fingerprint density at radius 3 is 2.07 bits per heavy atom. The maximum absolute atomic E-state index is 12.8. The first-order chi connectivity index (χ1) is 20.0. The van der Waals surface area contributed by atoms with E-state index in [1.807, 2.05) is 30.3 Å². The number of hydrogen-bond donors (Lipinski definition) is 3. The van der Waals surface area contributed by atoms with Gasteiger partial charge in [-0.3, -0.25) is 24.0 Å². The largest absolute Gasteiger partial charge is 0.463 e. The van der Waals surface area contributed by atoms with Gasteiger partial charge in [-0.2, -0.15) is 0 Å². The summed E-state index contributed by atoms with van der Waals surface area (Å²) in [5.41, 5.74) is 0.875. The molecule has 0 radical (unpaired) electrons. The zero-order valence-corrected chi connectivity index (χ0v) is 24.2. The highest BCUT2D eigenvalue weighted by Gasteiger charge is 2.51. The summed E-state index contributed by atoms with van der Waals surface area (Å²) < 4.78 is 26.9. The molecule has 0 unspecified atom stereocenters. The van der Waals surface area contributed by atoms with Crippen LogP contribution < -0.4 is 16.0 Å². The van der Waals surface area contributed by atoms with Crippen LogP contribution in [-0.4, -0.2) is 79.5 Å². The quantitative estimate of drug-likeness (QED) is 0.160. The van der Waals surface area contributed by atoms with Gasteiger partial charge in [0.2, 0.25) is 11.8 Å². The number of hydrogen-bond acceptors (Lipinski definition) is 11. The van der Waals surface area contributed by atoms with Crippen LogP contribution >= 0.6 is 0 Å². The van der Waals surface area contributed by atoms with Crippen molar-refractivity contribution in [2.24, 2.45) is 0 Å². The van der Waals surface area contributed by atoms with E-state index in [4.69, 9.17) is 23.7 Å². The molecule has 1 aliphatic heterocycles. The topological polar surface area (TPSA) is 185 Å². The smallest absolute Gasteiger partial charge is 0.407 e. The van der Waals surface area contributed by atoms with E-state index in [2.05, 4.69) is 16.0 Å². The molecule has 1 aliphatic rings. The molecule has 1 saturated heterocycles. The molecule has 0 saturated carbocycles. The number of carbonyl (C=O) groups excluding carboxylic acids is 6. The van der Waals surface area contributed by atoms with E-state index in [0.29, 0.717) is 25.8 Å². The first kappa shape index (κ1) is 34.0. The fraction of sp³-hybridized carbons (Fsp3) is 0.571. The predicted octanol–water partition coefficient (Wildman–Crippen LogP) is 1.25. The van der Waals surface area contributed by atoms with Crippen LogP contribution in [0.2, 0.25) is 0 Å². The third-order valence-corrected chi connectivity index (χ3v) is 5.98. The lowest BCUT2D eigenvalue weighted by Crippen LogP contribution is -2.69. The van der Waals surface area contributed by atoms with Crippen LogP contribution in [0.4, 0.5) is 4.79 Å². The van der Waals surface area contributed by atoms with Gasteiger partial charge in [-0.05, 0) is 18.4 Å². The monoisotopic (exact) mass is 593 g/mol. The van der Waals surface area contributed by atoms with Gasteiger partial charge in [0.05, 0.1) is 0 Å². The number of esters is 3. The lowest BCUT2D eigenvalue weighted by molar-refractivity contribution is -0.228. The van der Waals surface area contributed by atoms with Gasteiger partial charge in [-0.25, -0.2) is 4.79 Å². The molecule has 0 spiro atoms. The van der Waals surface area contributed by atoms with Gasteiger partial charge in [-0.1, -0.05) is 36.8 Å². The lowest BCUT2D eigenvalue weighted by Gasteiger charge is -2.45. The minimum atomic E-state index is -1.26. The SMILES string of the molecule is CC(=O)N[C@@H]1[C@@H](OC(C)=O)[C@@H](OC(C)=O)[C@@H](COC(C)=O)O[C@@H]1NC(=O)CCCCCNC(=O)OCc1ccccc1. The van der Waals surface area contributed by atoms with Crippen LogP contribution in [-0.2, 0) is 54.3 Å². The van der Waals surface area contributed by atoms with Gasteiger partial charge in [0.25, 0.3) is 0 Å². The summed E-state index contributed by atoms with van der Waals surface area (Å²) >= 11 is 0. The van der Waals surface area contributed by atoms with E-state index in [-0.39, 0.29) is 19.6 Å². The summed E-state index contributed by atoms with van der Waals surface area (Å²) in [4.78, 5) is 71.8. The zero-order valence-electron chi connectivity index (χ0n) is 24.2. The van der Waals surface area contributed by atoms with Crippen LogP contribution in [0.3, 0.4) is 0 Å². The molecule has 0 bridgehead atoms. The molecule has 0 aliphatic carbocycles. The fourth-order valence-corrected chi connectivity index (χ4v) is 4.24. The molecule has 2 rings (SSSR count). The molecule has 1 aromatic carbocycles. The van der Waals surface area contributed by atoms with Gasteiger partial charge in [0, 0.05) is 40.7 Å². The van der Waals surface area contributed by atoms with Gasteiger partial charge in [0.15, 0.2) is 18.4 Å².